The van der Waals surface area contributed by atoms with Gasteiger partial charge in [-0.05, 0) is 36.2 Å². The van der Waals surface area contributed by atoms with Crippen molar-refractivity contribution in [3.8, 4) is 17.2 Å². The third-order valence-corrected chi connectivity index (χ3v) is 4.18. The monoisotopic (exact) mass is 343 g/mol. The van der Waals surface area contributed by atoms with Crippen molar-refractivity contribution in [2.75, 3.05) is 7.05 Å². The topological polar surface area (TPSA) is 129 Å². The predicted octanol–water partition coefficient (Wildman–Crippen LogP) is 0.952. The van der Waals surface area contributed by atoms with E-state index in [9.17, 15) is 25.4 Å². The third kappa shape index (κ3) is 3.34. The minimum absolute atomic E-state index is 0.161. The summed E-state index contributed by atoms with van der Waals surface area (Å²) in [4.78, 5) is 15.1. The molecule has 0 spiro atoms. The number of nitrogens with one attached hydrogen (secondary N) is 2. The summed E-state index contributed by atoms with van der Waals surface area (Å²) < 4.78 is 0. The number of aliphatic hydroxyl groups excluding tert-OH is 3. The van der Waals surface area contributed by atoms with E-state index in [1.807, 2.05) is 6.07 Å². The van der Waals surface area contributed by atoms with Crippen molar-refractivity contribution in [2.45, 2.75) is 33.3 Å². The van der Waals surface area contributed by atoms with E-state index < -0.39 is 0 Å². The second-order valence-corrected chi connectivity index (χ2v) is 5.63. The Labute approximate surface area is 145 Å². The van der Waals surface area contributed by atoms with E-state index in [1.54, 1.807) is 19.2 Å². The van der Waals surface area contributed by atoms with E-state index in [2.05, 4.69) is 10.3 Å². The van der Waals surface area contributed by atoms with Crippen molar-refractivity contribution in [1.82, 2.24) is 10.3 Å². The van der Waals surface area contributed by atoms with Crippen LogP contribution in [0, 0.1) is 11.3 Å². The van der Waals surface area contributed by atoms with Crippen LogP contribution < -0.4 is 5.32 Å². The quantitative estimate of drug-likeness (QED) is 0.476. The first-order chi connectivity index (χ1) is 12.0. The molecule has 2 aromatic rings. The van der Waals surface area contributed by atoms with Crippen LogP contribution in [0.2, 0.25) is 0 Å². The van der Waals surface area contributed by atoms with Gasteiger partial charge in [0, 0.05) is 17.8 Å². The van der Waals surface area contributed by atoms with Gasteiger partial charge in [0.05, 0.1) is 25.4 Å². The molecular formula is C18H21N3O4. The number of hydrogen-bond acceptors (Lipinski definition) is 6. The number of aliphatic hydroxyl groups is 3. The van der Waals surface area contributed by atoms with Gasteiger partial charge in [0.25, 0.3) is 0 Å². The Morgan fingerprint density at radius 1 is 1.20 bits per heavy atom. The number of hydrogen-bond donors (Lipinski definition) is 5. The summed E-state index contributed by atoms with van der Waals surface area (Å²) in [7, 11) is 1.74. The van der Waals surface area contributed by atoms with E-state index >= 15 is 0 Å². The minimum Gasteiger partial charge on any atom is -0.392 e. The van der Waals surface area contributed by atoms with Crippen LogP contribution in [0.25, 0.3) is 11.1 Å². The van der Waals surface area contributed by atoms with Gasteiger partial charge in [-0.1, -0.05) is 12.1 Å². The number of Topliss-reactive ketones (excluding diaryl/α,β-unsaturated/α-hetero) is 1. The Kier molecular flexibility index (Phi) is 6.07. The fourth-order valence-corrected chi connectivity index (χ4v) is 3.10. The van der Waals surface area contributed by atoms with Crippen LogP contribution in [0.15, 0.2) is 12.1 Å². The Balaban J connectivity index is 2.88. The predicted molar refractivity (Wildman–Crippen MR) is 91.5 cm³/mol. The van der Waals surface area contributed by atoms with E-state index in [-0.39, 0.29) is 36.9 Å². The molecule has 1 heterocycles. The van der Waals surface area contributed by atoms with Crippen LogP contribution >= 0.6 is 0 Å². The van der Waals surface area contributed by atoms with Gasteiger partial charge in [-0.15, -0.1) is 0 Å². The number of aromatic nitrogens is 1. The van der Waals surface area contributed by atoms with Crippen molar-refractivity contribution in [3.05, 3.63) is 45.8 Å². The standard InChI is InChI=1S/C18H21N3O4/c1-10(25)17-15(5-19)21-16(6-20-2)18(17)12-4-3-11(7-22)13(8-23)14(12)9-24/h3-4,20-24H,6-9H2,1-2H3. The fourth-order valence-electron chi connectivity index (χ4n) is 3.10. The molecular weight excluding hydrogens is 322 g/mol. The van der Waals surface area contributed by atoms with Gasteiger partial charge in [-0.3, -0.25) is 4.79 Å². The molecule has 0 fully saturated rings. The number of rotatable bonds is 7. The summed E-state index contributed by atoms with van der Waals surface area (Å²) in [6, 6.07) is 5.33. The van der Waals surface area contributed by atoms with Crippen molar-refractivity contribution in [2.24, 2.45) is 0 Å². The lowest BCUT2D eigenvalue weighted by Crippen LogP contribution is -2.09. The summed E-state index contributed by atoms with van der Waals surface area (Å²) >= 11 is 0. The van der Waals surface area contributed by atoms with E-state index in [4.69, 9.17) is 0 Å². The van der Waals surface area contributed by atoms with Crippen molar-refractivity contribution < 1.29 is 20.1 Å². The highest BCUT2D eigenvalue weighted by Crippen LogP contribution is 2.36. The molecule has 7 nitrogen and oxygen atoms in total. The maximum Gasteiger partial charge on any atom is 0.163 e. The van der Waals surface area contributed by atoms with Gasteiger partial charge in [0.2, 0.25) is 0 Å². The molecule has 1 aromatic carbocycles. The first-order valence-corrected chi connectivity index (χ1v) is 7.80. The van der Waals surface area contributed by atoms with Crippen LogP contribution in [0.5, 0.6) is 0 Å². The molecule has 0 saturated heterocycles. The number of nitrogens with zero attached hydrogens (tertiary/aromatic N) is 1. The number of H-pyrrole nitrogens is 1. The van der Waals surface area contributed by atoms with Gasteiger partial charge in [0.1, 0.15) is 11.8 Å². The highest BCUT2D eigenvalue weighted by Gasteiger charge is 2.25. The molecule has 25 heavy (non-hydrogen) atoms. The molecule has 132 valence electrons. The average Bonchev–Trinajstić information content (AvgIpc) is 2.98. The summed E-state index contributed by atoms with van der Waals surface area (Å²) in [6.45, 7) is 0.764. The molecule has 0 saturated carbocycles. The molecule has 7 heteroatoms. The third-order valence-electron chi connectivity index (χ3n) is 4.18. The van der Waals surface area contributed by atoms with Crippen molar-refractivity contribution in [3.63, 3.8) is 0 Å². The molecule has 0 amide bonds. The Hall–Kier alpha value is -2.50. The SMILES string of the molecule is CNCc1[nH]c(C#N)c(C(C)=O)c1-c1ccc(CO)c(CO)c1CO. The zero-order valence-corrected chi connectivity index (χ0v) is 14.2. The van der Waals surface area contributed by atoms with Crippen LogP contribution in [0.3, 0.4) is 0 Å². The first-order valence-electron chi connectivity index (χ1n) is 7.80. The molecule has 0 bridgehead atoms. The highest BCUT2D eigenvalue weighted by molar-refractivity contribution is 6.04. The molecule has 0 radical (unpaired) electrons. The van der Waals surface area contributed by atoms with Crippen molar-refractivity contribution in [1.29, 1.82) is 5.26 Å². The molecule has 0 aliphatic carbocycles. The van der Waals surface area contributed by atoms with Crippen LogP contribution in [0.1, 0.15) is 45.4 Å². The lowest BCUT2D eigenvalue weighted by Gasteiger charge is -2.17. The lowest BCUT2D eigenvalue weighted by atomic mass is 9.89. The van der Waals surface area contributed by atoms with Gasteiger partial charge in [0.15, 0.2) is 5.78 Å². The molecule has 0 aliphatic heterocycles. The molecule has 2 rings (SSSR count). The number of benzene rings is 1. The summed E-state index contributed by atoms with van der Waals surface area (Å²) in [5, 5.41) is 41.3. The van der Waals surface area contributed by atoms with E-state index in [1.165, 1.54) is 6.92 Å². The van der Waals surface area contributed by atoms with Gasteiger partial charge in [-0.2, -0.15) is 5.26 Å². The second-order valence-electron chi connectivity index (χ2n) is 5.63. The number of ketones is 1. The maximum absolute atomic E-state index is 12.2. The highest BCUT2D eigenvalue weighted by atomic mass is 16.3. The van der Waals surface area contributed by atoms with Crippen LogP contribution in [-0.4, -0.2) is 33.1 Å². The summed E-state index contributed by atoms with van der Waals surface area (Å²) in [5.74, 6) is -0.272. The lowest BCUT2D eigenvalue weighted by molar-refractivity contribution is 0.101. The first kappa shape index (κ1) is 18.8. The Bertz CT molecular complexity index is 834. The minimum atomic E-state index is -0.373. The largest absolute Gasteiger partial charge is 0.392 e. The van der Waals surface area contributed by atoms with Crippen LogP contribution in [0.4, 0.5) is 0 Å². The second kappa shape index (κ2) is 8.05. The number of aromatic amines is 1. The molecule has 0 unspecified atom stereocenters. The summed E-state index contributed by atoms with van der Waals surface area (Å²) in [5.41, 5.74) is 3.49. The fraction of sp³-hybridized carbons (Fsp3) is 0.333. The number of carbonyl (C=O) groups excluding carboxylic acids is 1. The van der Waals surface area contributed by atoms with Crippen LogP contribution in [-0.2, 0) is 26.4 Å². The van der Waals surface area contributed by atoms with Gasteiger partial charge in [-0.25, -0.2) is 0 Å². The molecule has 0 aliphatic rings. The summed E-state index contributed by atoms with van der Waals surface area (Å²) in [6.07, 6.45) is 0. The molecule has 1 aromatic heterocycles. The maximum atomic E-state index is 12.2. The zero-order chi connectivity index (χ0) is 18.6. The van der Waals surface area contributed by atoms with E-state index in [0.717, 1.165) is 0 Å². The number of nitriles is 1. The van der Waals surface area contributed by atoms with Crippen molar-refractivity contribution >= 4 is 5.78 Å². The zero-order valence-electron chi connectivity index (χ0n) is 14.2. The number of carbonyl (C=O) groups is 1. The normalized spacial score (nSPS) is 10.7. The molecule has 0 atom stereocenters. The average molecular weight is 343 g/mol. The molecule has 5 N–H and O–H groups in total. The van der Waals surface area contributed by atoms with Gasteiger partial charge >= 0.3 is 0 Å². The van der Waals surface area contributed by atoms with Gasteiger partial charge < -0.3 is 25.6 Å². The Morgan fingerprint density at radius 2 is 1.88 bits per heavy atom. The Morgan fingerprint density at radius 3 is 2.36 bits per heavy atom. The smallest absolute Gasteiger partial charge is 0.163 e. The van der Waals surface area contributed by atoms with E-state index in [0.29, 0.717) is 40.1 Å².